The average molecular weight is 170 g/mol. The predicted octanol–water partition coefficient (Wildman–Crippen LogP) is -1.56. The van der Waals surface area contributed by atoms with Gasteiger partial charge >= 0.3 is 0 Å². The molecule has 0 aliphatic heterocycles. The summed E-state index contributed by atoms with van der Waals surface area (Å²) in [5, 5.41) is 0. The molecular weight excluding hydrogens is 155 g/mol. The number of ether oxygens (including phenoxy) is 1. The van der Waals surface area contributed by atoms with E-state index in [1.165, 1.54) is 11.0 Å². The summed E-state index contributed by atoms with van der Waals surface area (Å²) >= 11 is 0. The molecule has 0 unspecified atom stereocenters. The van der Waals surface area contributed by atoms with Crippen molar-refractivity contribution in [3.8, 4) is 0 Å². The molecule has 0 aliphatic rings. The molecule has 0 fully saturated rings. The van der Waals surface area contributed by atoms with E-state index in [-0.39, 0.29) is 11.0 Å². The summed E-state index contributed by atoms with van der Waals surface area (Å²) in [6, 6.07) is 8.32. The third-order valence-corrected chi connectivity index (χ3v) is 1.39. The van der Waals surface area contributed by atoms with Gasteiger partial charge in [0, 0.05) is 7.11 Å². The van der Waals surface area contributed by atoms with E-state index in [0.29, 0.717) is 6.61 Å². The minimum atomic E-state index is 0. The van der Waals surface area contributed by atoms with Crippen molar-refractivity contribution >= 4 is 13.3 Å². The molecule has 0 amide bonds. The molecular formula is C8H15BO3. The van der Waals surface area contributed by atoms with Crippen molar-refractivity contribution in [3.63, 3.8) is 0 Å². The lowest BCUT2D eigenvalue weighted by molar-refractivity contribution is 0.185. The molecule has 0 aromatic heterocycles. The molecule has 0 radical (unpaired) electrons. The van der Waals surface area contributed by atoms with Crippen LogP contribution in [0.2, 0.25) is 0 Å². The average Bonchev–Trinajstić information content (AvgIpc) is 1.88. The van der Waals surface area contributed by atoms with Crippen LogP contribution in [-0.4, -0.2) is 25.9 Å². The van der Waals surface area contributed by atoms with Crippen LogP contribution in [0, 0.1) is 0 Å². The van der Waals surface area contributed by atoms with Gasteiger partial charge in [-0.3, -0.25) is 0 Å². The highest BCUT2D eigenvalue weighted by molar-refractivity contribution is 6.32. The lowest BCUT2D eigenvalue weighted by Gasteiger charge is -1.99. The van der Waals surface area contributed by atoms with Crippen molar-refractivity contribution in [2.24, 2.45) is 0 Å². The molecule has 4 N–H and O–H groups in total. The number of benzene rings is 1. The third kappa shape index (κ3) is 4.13. The zero-order valence-corrected chi connectivity index (χ0v) is 7.42. The Morgan fingerprint density at radius 1 is 1.33 bits per heavy atom. The molecule has 0 aliphatic carbocycles. The highest BCUT2D eigenvalue weighted by Crippen LogP contribution is 1.96. The first kappa shape index (κ1) is 13.7. The maximum Gasteiger partial charge on any atom is 0.139 e. The van der Waals surface area contributed by atoms with Crippen LogP contribution >= 0.6 is 0 Å². The lowest BCUT2D eigenvalue weighted by Crippen LogP contribution is -2.02. The molecule has 0 saturated heterocycles. The van der Waals surface area contributed by atoms with E-state index < -0.39 is 0 Å². The van der Waals surface area contributed by atoms with Gasteiger partial charge < -0.3 is 15.7 Å². The van der Waals surface area contributed by atoms with Crippen molar-refractivity contribution in [3.05, 3.63) is 29.8 Å². The van der Waals surface area contributed by atoms with E-state index in [4.69, 9.17) is 4.74 Å². The summed E-state index contributed by atoms with van der Waals surface area (Å²) < 4.78 is 4.98. The Kier molecular flexibility index (Phi) is 7.84. The Morgan fingerprint density at radius 2 is 2.00 bits per heavy atom. The van der Waals surface area contributed by atoms with Gasteiger partial charge in [0.15, 0.2) is 0 Å². The Labute approximate surface area is 73.4 Å². The second kappa shape index (κ2) is 6.85. The van der Waals surface area contributed by atoms with E-state index in [2.05, 4.69) is 26.0 Å². The molecule has 1 aromatic carbocycles. The second-order valence-corrected chi connectivity index (χ2v) is 2.42. The van der Waals surface area contributed by atoms with Gasteiger partial charge in [-0.15, -0.1) is 0 Å². The minimum Gasteiger partial charge on any atom is -0.412 e. The SMILES string of the molecule is Bc1cccc(COC)c1.O.O. The molecule has 4 heteroatoms. The van der Waals surface area contributed by atoms with Gasteiger partial charge in [0.1, 0.15) is 7.85 Å². The van der Waals surface area contributed by atoms with Gasteiger partial charge in [-0.05, 0) is 5.56 Å². The topological polar surface area (TPSA) is 72.2 Å². The van der Waals surface area contributed by atoms with Crippen LogP contribution in [0.5, 0.6) is 0 Å². The van der Waals surface area contributed by atoms with Crippen molar-refractivity contribution < 1.29 is 15.7 Å². The fraction of sp³-hybridized carbons (Fsp3) is 0.250. The van der Waals surface area contributed by atoms with Gasteiger partial charge in [-0.2, -0.15) is 0 Å². The van der Waals surface area contributed by atoms with Crippen LogP contribution in [0.3, 0.4) is 0 Å². The smallest absolute Gasteiger partial charge is 0.139 e. The first-order valence-electron chi connectivity index (χ1n) is 3.37. The van der Waals surface area contributed by atoms with Crippen molar-refractivity contribution in [2.45, 2.75) is 6.61 Å². The highest BCUT2D eigenvalue weighted by atomic mass is 16.5. The van der Waals surface area contributed by atoms with E-state index in [0.717, 1.165) is 0 Å². The first-order valence-corrected chi connectivity index (χ1v) is 3.37. The van der Waals surface area contributed by atoms with Crippen LogP contribution in [0.25, 0.3) is 0 Å². The standard InChI is InChI=1S/C8H11BO.2H2O/c1-10-6-7-3-2-4-8(9)5-7;;/h2-5H,6,9H2,1H3;2*1H2. The Balaban J connectivity index is 0. The zero-order valence-electron chi connectivity index (χ0n) is 7.42. The van der Waals surface area contributed by atoms with Crippen LogP contribution in [-0.2, 0) is 11.3 Å². The number of methoxy groups -OCH3 is 1. The summed E-state index contributed by atoms with van der Waals surface area (Å²) in [4.78, 5) is 0. The Bertz CT molecular complexity index is 215. The normalized spacial score (nSPS) is 8.08. The van der Waals surface area contributed by atoms with E-state index >= 15 is 0 Å². The largest absolute Gasteiger partial charge is 0.412 e. The Morgan fingerprint density at radius 3 is 2.50 bits per heavy atom. The molecule has 1 aromatic rings. The van der Waals surface area contributed by atoms with E-state index in [9.17, 15) is 0 Å². The molecule has 0 atom stereocenters. The molecule has 0 spiro atoms. The van der Waals surface area contributed by atoms with Gasteiger partial charge in [-0.1, -0.05) is 29.7 Å². The first-order chi connectivity index (χ1) is 4.83. The lowest BCUT2D eigenvalue weighted by atomic mass is 9.95. The molecule has 68 valence electrons. The summed E-state index contributed by atoms with van der Waals surface area (Å²) in [6.45, 7) is 0.710. The summed E-state index contributed by atoms with van der Waals surface area (Å²) in [7, 11) is 3.79. The van der Waals surface area contributed by atoms with Crippen molar-refractivity contribution in [2.75, 3.05) is 7.11 Å². The van der Waals surface area contributed by atoms with E-state index in [1.54, 1.807) is 7.11 Å². The molecule has 3 nitrogen and oxygen atoms in total. The maximum atomic E-state index is 4.98. The second-order valence-electron chi connectivity index (χ2n) is 2.42. The van der Waals surface area contributed by atoms with Crippen molar-refractivity contribution in [1.82, 2.24) is 0 Å². The third-order valence-electron chi connectivity index (χ3n) is 1.39. The van der Waals surface area contributed by atoms with Crippen LogP contribution in [0.15, 0.2) is 24.3 Å². The minimum absolute atomic E-state index is 0. The van der Waals surface area contributed by atoms with Crippen LogP contribution in [0.1, 0.15) is 5.56 Å². The number of hydrogen-bond donors (Lipinski definition) is 0. The van der Waals surface area contributed by atoms with Crippen LogP contribution in [0.4, 0.5) is 0 Å². The zero-order chi connectivity index (χ0) is 7.40. The van der Waals surface area contributed by atoms with Crippen LogP contribution < -0.4 is 5.46 Å². The number of hydrogen-bond acceptors (Lipinski definition) is 1. The molecule has 0 bridgehead atoms. The van der Waals surface area contributed by atoms with E-state index in [1.807, 2.05) is 6.07 Å². The van der Waals surface area contributed by atoms with Gasteiger partial charge in [0.2, 0.25) is 0 Å². The maximum absolute atomic E-state index is 4.98. The highest BCUT2D eigenvalue weighted by Gasteiger charge is 1.89. The molecule has 1 rings (SSSR count). The fourth-order valence-electron chi connectivity index (χ4n) is 0.969. The Hall–Kier alpha value is -0.835. The molecule has 0 saturated carbocycles. The fourth-order valence-corrected chi connectivity index (χ4v) is 0.969. The summed E-state index contributed by atoms with van der Waals surface area (Å²) in [5.74, 6) is 0. The molecule has 0 heterocycles. The predicted molar refractivity (Wildman–Crippen MR) is 52.6 cm³/mol. The molecule has 12 heavy (non-hydrogen) atoms. The quantitative estimate of drug-likeness (QED) is 0.494. The van der Waals surface area contributed by atoms with Gasteiger partial charge in [0.05, 0.1) is 6.61 Å². The monoisotopic (exact) mass is 170 g/mol. The van der Waals surface area contributed by atoms with Gasteiger partial charge in [0.25, 0.3) is 0 Å². The summed E-state index contributed by atoms with van der Waals surface area (Å²) in [6.07, 6.45) is 0. The van der Waals surface area contributed by atoms with Crippen molar-refractivity contribution in [1.29, 1.82) is 0 Å². The summed E-state index contributed by atoms with van der Waals surface area (Å²) in [5.41, 5.74) is 2.53. The number of rotatable bonds is 2. The van der Waals surface area contributed by atoms with Gasteiger partial charge in [-0.25, -0.2) is 0 Å².